The van der Waals surface area contributed by atoms with Crippen molar-refractivity contribution in [1.29, 1.82) is 0 Å². The summed E-state index contributed by atoms with van der Waals surface area (Å²) < 4.78 is 5.83. The molecule has 1 atom stereocenters. The molecule has 0 radical (unpaired) electrons. The smallest absolute Gasteiger partial charge is 0.273 e. The molecule has 144 valence electrons. The number of hydrogen-bond acceptors (Lipinski definition) is 5. The van der Waals surface area contributed by atoms with Gasteiger partial charge in [-0.25, -0.2) is 0 Å². The number of hydrogen-bond donors (Lipinski definition) is 0. The molecular formula is C23H20N4O2. The number of nitrogens with zero attached hydrogens (tertiary/aromatic N) is 4. The summed E-state index contributed by atoms with van der Waals surface area (Å²) in [6, 6.07) is 19.5. The van der Waals surface area contributed by atoms with Gasteiger partial charge in [-0.3, -0.25) is 9.78 Å². The van der Waals surface area contributed by atoms with Gasteiger partial charge in [0.25, 0.3) is 5.91 Å². The quantitative estimate of drug-likeness (QED) is 0.532. The van der Waals surface area contributed by atoms with E-state index in [0.717, 1.165) is 22.8 Å². The van der Waals surface area contributed by atoms with Gasteiger partial charge in [0.1, 0.15) is 5.69 Å². The molecule has 6 heteroatoms. The first-order chi connectivity index (χ1) is 14.3. The molecular weight excluding hydrogens is 364 g/mol. The maximum Gasteiger partial charge on any atom is 0.273 e. The maximum absolute atomic E-state index is 13.1. The highest BCUT2D eigenvalue weighted by atomic mass is 16.4. The van der Waals surface area contributed by atoms with E-state index in [-0.39, 0.29) is 5.91 Å². The Labute approximate surface area is 168 Å². The van der Waals surface area contributed by atoms with E-state index < -0.39 is 0 Å². The number of fused-ring (bicyclic) bond motifs is 1. The second kappa shape index (κ2) is 7.47. The summed E-state index contributed by atoms with van der Waals surface area (Å²) in [5.41, 5.74) is 1.43. The van der Waals surface area contributed by atoms with E-state index in [1.807, 2.05) is 65.6 Å². The van der Waals surface area contributed by atoms with Crippen LogP contribution < -0.4 is 0 Å². The fraction of sp³-hybridized carbons (Fsp3) is 0.217. The minimum atomic E-state index is -0.0141. The highest BCUT2D eigenvalue weighted by Crippen LogP contribution is 2.25. The summed E-state index contributed by atoms with van der Waals surface area (Å²) in [7, 11) is 0. The molecule has 0 spiro atoms. The molecule has 0 aliphatic carbocycles. The molecule has 6 nitrogen and oxygen atoms in total. The van der Waals surface area contributed by atoms with Crippen LogP contribution in [0.3, 0.4) is 0 Å². The largest absolute Gasteiger partial charge is 0.421 e. The minimum absolute atomic E-state index is 0.0141. The summed E-state index contributed by atoms with van der Waals surface area (Å²) in [6.07, 6.45) is 3.29. The molecule has 1 saturated heterocycles. The minimum Gasteiger partial charge on any atom is -0.421 e. The van der Waals surface area contributed by atoms with Gasteiger partial charge in [0.15, 0.2) is 0 Å². The molecule has 4 aromatic rings. The highest BCUT2D eigenvalue weighted by molar-refractivity contribution is 6.05. The van der Waals surface area contributed by atoms with E-state index >= 15 is 0 Å². The van der Waals surface area contributed by atoms with E-state index in [4.69, 9.17) is 4.42 Å². The van der Waals surface area contributed by atoms with Gasteiger partial charge in [-0.2, -0.15) is 0 Å². The molecule has 1 unspecified atom stereocenters. The van der Waals surface area contributed by atoms with Gasteiger partial charge in [0.05, 0.1) is 0 Å². The number of carbonyl (C=O) groups is 1. The Morgan fingerprint density at radius 3 is 2.76 bits per heavy atom. The fourth-order valence-corrected chi connectivity index (χ4v) is 3.90. The Morgan fingerprint density at radius 2 is 1.86 bits per heavy atom. The van der Waals surface area contributed by atoms with Crippen LogP contribution in [0, 0.1) is 5.92 Å². The van der Waals surface area contributed by atoms with Gasteiger partial charge >= 0.3 is 0 Å². The van der Waals surface area contributed by atoms with Crippen molar-refractivity contribution in [2.45, 2.75) is 12.8 Å². The first kappa shape index (κ1) is 17.6. The van der Waals surface area contributed by atoms with Gasteiger partial charge in [0.2, 0.25) is 11.8 Å². The second-order valence-electron chi connectivity index (χ2n) is 7.36. The van der Waals surface area contributed by atoms with Crippen molar-refractivity contribution in [3.05, 3.63) is 78.4 Å². The van der Waals surface area contributed by atoms with Crippen molar-refractivity contribution >= 4 is 16.7 Å². The lowest BCUT2D eigenvalue weighted by atomic mass is 10.1. The molecule has 1 fully saturated rings. The molecule has 29 heavy (non-hydrogen) atoms. The van der Waals surface area contributed by atoms with E-state index in [9.17, 15) is 4.79 Å². The zero-order valence-electron chi connectivity index (χ0n) is 15.9. The van der Waals surface area contributed by atoms with E-state index in [0.29, 0.717) is 42.9 Å². The van der Waals surface area contributed by atoms with Gasteiger partial charge in [-0.1, -0.05) is 42.5 Å². The molecule has 1 aliphatic rings. The normalized spacial score (nSPS) is 16.4. The number of benzene rings is 2. The molecule has 3 heterocycles. The molecule has 0 N–H and O–H groups in total. The SMILES string of the molecule is O=C(c1nccc2ccccc12)N1CCC(Cc2nnc(-c3ccccc3)o2)C1. The first-order valence-electron chi connectivity index (χ1n) is 9.79. The predicted octanol–water partition coefficient (Wildman–Crippen LogP) is 3.99. The van der Waals surface area contributed by atoms with Crippen molar-refractivity contribution < 1.29 is 9.21 Å². The Hall–Kier alpha value is -3.54. The van der Waals surface area contributed by atoms with E-state index in [1.54, 1.807) is 6.20 Å². The summed E-state index contributed by atoms with van der Waals surface area (Å²) in [4.78, 5) is 19.3. The number of aromatic nitrogens is 3. The van der Waals surface area contributed by atoms with E-state index in [2.05, 4.69) is 15.2 Å². The third-order valence-electron chi connectivity index (χ3n) is 5.40. The number of likely N-dealkylation sites (tertiary alicyclic amines) is 1. The van der Waals surface area contributed by atoms with Crippen LogP contribution in [0.15, 0.2) is 71.3 Å². The molecule has 2 aromatic carbocycles. The van der Waals surface area contributed by atoms with E-state index in [1.165, 1.54) is 0 Å². The molecule has 0 saturated carbocycles. The van der Waals surface area contributed by atoms with Crippen molar-refractivity contribution in [1.82, 2.24) is 20.1 Å². The summed E-state index contributed by atoms with van der Waals surface area (Å²) >= 11 is 0. The van der Waals surface area contributed by atoms with Crippen LogP contribution in [-0.4, -0.2) is 39.1 Å². The highest BCUT2D eigenvalue weighted by Gasteiger charge is 2.29. The molecule has 0 bridgehead atoms. The number of carbonyl (C=O) groups excluding carboxylic acids is 1. The number of amides is 1. The topological polar surface area (TPSA) is 72.1 Å². The fourth-order valence-electron chi connectivity index (χ4n) is 3.90. The van der Waals surface area contributed by atoms with Crippen LogP contribution >= 0.6 is 0 Å². The van der Waals surface area contributed by atoms with Gasteiger partial charge in [0, 0.05) is 36.7 Å². The lowest BCUT2D eigenvalue weighted by Crippen LogP contribution is -2.29. The number of pyridine rings is 1. The maximum atomic E-state index is 13.1. The average Bonchev–Trinajstić information content (AvgIpc) is 3.44. The van der Waals surface area contributed by atoms with Crippen molar-refractivity contribution in [2.75, 3.05) is 13.1 Å². The summed E-state index contributed by atoms with van der Waals surface area (Å²) in [5, 5.41) is 10.3. The lowest BCUT2D eigenvalue weighted by molar-refractivity contribution is 0.0783. The Morgan fingerprint density at radius 1 is 1.03 bits per heavy atom. The summed E-state index contributed by atoms with van der Waals surface area (Å²) in [6.45, 7) is 1.39. The Kier molecular flexibility index (Phi) is 4.52. The molecule has 1 aliphatic heterocycles. The molecule has 2 aromatic heterocycles. The zero-order chi connectivity index (χ0) is 19.6. The van der Waals surface area contributed by atoms with Crippen LogP contribution in [-0.2, 0) is 6.42 Å². The third-order valence-corrected chi connectivity index (χ3v) is 5.40. The van der Waals surface area contributed by atoms with Crippen molar-refractivity contribution in [2.24, 2.45) is 5.92 Å². The zero-order valence-corrected chi connectivity index (χ0v) is 15.9. The first-order valence-corrected chi connectivity index (χ1v) is 9.79. The van der Waals surface area contributed by atoms with Crippen LogP contribution in [0.4, 0.5) is 0 Å². The summed E-state index contributed by atoms with van der Waals surface area (Å²) in [5.74, 6) is 1.44. The van der Waals surface area contributed by atoms with Crippen molar-refractivity contribution in [3.63, 3.8) is 0 Å². The van der Waals surface area contributed by atoms with Crippen LogP contribution in [0.25, 0.3) is 22.2 Å². The molecule has 1 amide bonds. The van der Waals surface area contributed by atoms with Gasteiger partial charge < -0.3 is 9.32 Å². The third kappa shape index (κ3) is 3.49. The van der Waals surface area contributed by atoms with Crippen molar-refractivity contribution in [3.8, 4) is 11.5 Å². The van der Waals surface area contributed by atoms with Crippen LogP contribution in [0.1, 0.15) is 22.8 Å². The number of rotatable bonds is 4. The van der Waals surface area contributed by atoms with Gasteiger partial charge in [-0.05, 0) is 35.9 Å². The monoisotopic (exact) mass is 384 g/mol. The van der Waals surface area contributed by atoms with Gasteiger partial charge in [-0.15, -0.1) is 10.2 Å². The standard InChI is InChI=1S/C23H20N4O2/c28-23(21-19-9-5-4-6-17(19)10-12-24-21)27-13-11-16(15-27)14-20-25-26-22(29-20)18-7-2-1-3-8-18/h1-10,12,16H,11,13-15H2. The van der Waals surface area contributed by atoms with Crippen LogP contribution in [0.2, 0.25) is 0 Å². The lowest BCUT2D eigenvalue weighted by Gasteiger charge is -2.16. The van der Waals surface area contributed by atoms with Crippen LogP contribution in [0.5, 0.6) is 0 Å². The second-order valence-corrected chi connectivity index (χ2v) is 7.36. The average molecular weight is 384 g/mol. The molecule has 5 rings (SSSR count). The Bertz CT molecular complexity index is 1150. The predicted molar refractivity (Wildman–Crippen MR) is 109 cm³/mol. The Balaban J connectivity index is 1.28.